The lowest BCUT2D eigenvalue weighted by Gasteiger charge is -2.38. The Morgan fingerprint density at radius 3 is 2.73 bits per heavy atom. The number of pyridine rings is 1. The first kappa shape index (κ1) is 25.6. The van der Waals surface area contributed by atoms with Crippen LogP contribution in [0.2, 0.25) is 0 Å². The average molecular weight is 537 g/mol. The molecule has 10 nitrogen and oxygen atoms in total. The van der Waals surface area contributed by atoms with E-state index in [0.717, 1.165) is 48.8 Å². The maximum atomic E-state index is 11.5. The summed E-state index contributed by atoms with van der Waals surface area (Å²) >= 11 is 0. The Bertz CT molecular complexity index is 1650. The summed E-state index contributed by atoms with van der Waals surface area (Å²) in [6.45, 7) is 5.05. The minimum absolute atomic E-state index is 0.414. The van der Waals surface area contributed by atoms with E-state index in [9.17, 15) is 4.79 Å². The van der Waals surface area contributed by atoms with Gasteiger partial charge in [-0.2, -0.15) is 4.98 Å². The molecular formula is C30H32N8O2. The molecule has 0 saturated carbocycles. The Kier molecular flexibility index (Phi) is 7.15. The molecule has 3 aromatic heterocycles. The van der Waals surface area contributed by atoms with Gasteiger partial charge in [0, 0.05) is 43.6 Å². The first-order valence-corrected chi connectivity index (χ1v) is 13.5. The third-order valence-corrected chi connectivity index (χ3v) is 7.30. The summed E-state index contributed by atoms with van der Waals surface area (Å²) in [7, 11) is 2.13. The second-order valence-electron chi connectivity index (χ2n) is 10.2. The molecular weight excluding hydrogens is 504 g/mol. The first-order valence-electron chi connectivity index (χ1n) is 13.5. The summed E-state index contributed by atoms with van der Waals surface area (Å²) < 4.78 is 5.08. The molecule has 0 amide bonds. The highest BCUT2D eigenvalue weighted by atomic mass is 16.4. The third-order valence-electron chi connectivity index (χ3n) is 7.30. The molecule has 0 spiro atoms. The molecule has 1 unspecified atom stereocenters. The van der Waals surface area contributed by atoms with Crippen LogP contribution in [-0.4, -0.2) is 51.0 Å². The predicted molar refractivity (Wildman–Crippen MR) is 158 cm³/mol. The van der Waals surface area contributed by atoms with Crippen LogP contribution >= 0.6 is 0 Å². The van der Waals surface area contributed by atoms with Crippen LogP contribution in [0.1, 0.15) is 24.0 Å². The lowest BCUT2D eigenvalue weighted by Crippen LogP contribution is -2.46. The van der Waals surface area contributed by atoms with Gasteiger partial charge in [-0.25, -0.2) is 14.8 Å². The minimum Gasteiger partial charge on any atom is -0.408 e. The zero-order valence-corrected chi connectivity index (χ0v) is 22.6. The molecule has 5 aromatic rings. The van der Waals surface area contributed by atoms with Gasteiger partial charge in [0.05, 0.1) is 17.4 Å². The Balaban J connectivity index is 1.10. The summed E-state index contributed by atoms with van der Waals surface area (Å²) in [4.78, 5) is 32.8. The fourth-order valence-corrected chi connectivity index (χ4v) is 5.11. The number of hydrogen-bond donors (Lipinski definition) is 3. The molecule has 1 fully saturated rings. The number of anilines is 5. The van der Waals surface area contributed by atoms with E-state index in [4.69, 9.17) is 9.40 Å². The van der Waals surface area contributed by atoms with Crippen LogP contribution in [0.5, 0.6) is 0 Å². The number of fused-ring (bicyclic) bond motifs is 1. The molecule has 1 atom stereocenters. The van der Waals surface area contributed by atoms with E-state index in [0.29, 0.717) is 28.9 Å². The Morgan fingerprint density at radius 2 is 1.90 bits per heavy atom. The summed E-state index contributed by atoms with van der Waals surface area (Å²) in [5.41, 5.74) is 4.94. The number of aromatic nitrogens is 4. The summed E-state index contributed by atoms with van der Waals surface area (Å²) in [5.74, 6) is 1.57. The lowest BCUT2D eigenvalue weighted by atomic mass is 10.0. The molecule has 204 valence electrons. The van der Waals surface area contributed by atoms with Gasteiger partial charge in [0.1, 0.15) is 11.6 Å². The second-order valence-corrected chi connectivity index (χ2v) is 10.2. The van der Waals surface area contributed by atoms with Crippen molar-refractivity contribution in [2.45, 2.75) is 32.4 Å². The van der Waals surface area contributed by atoms with Gasteiger partial charge in [-0.15, -0.1) is 0 Å². The van der Waals surface area contributed by atoms with Crippen molar-refractivity contribution in [1.82, 2.24) is 24.8 Å². The monoisotopic (exact) mass is 536 g/mol. The van der Waals surface area contributed by atoms with Gasteiger partial charge >= 0.3 is 5.76 Å². The third kappa shape index (κ3) is 5.81. The number of likely N-dealkylation sites (tertiary alicyclic amines) is 1. The smallest absolute Gasteiger partial charge is 0.408 e. The number of oxazole rings is 1. The average Bonchev–Trinajstić information content (AvgIpc) is 3.35. The number of nitrogens with zero attached hydrogens (tertiary/aromatic N) is 5. The van der Waals surface area contributed by atoms with Crippen molar-refractivity contribution < 1.29 is 4.42 Å². The molecule has 2 aromatic carbocycles. The number of benzene rings is 2. The molecule has 6 rings (SSSR count). The lowest BCUT2D eigenvalue weighted by molar-refractivity contribution is 0.198. The van der Waals surface area contributed by atoms with Gasteiger partial charge < -0.3 is 20.0 Å². The molecule has 1 aliphatic heterocycles. The maximum absolute atomic E-state index is 11.5. The normalized spacial score (nSPS) is 15.7. The second kappa shape index (κ2) is 11.2. The van der Waals surface area contributed by atoms with Crippen LogP contribution in [-0.2, 0) is 6.54 Å². The van der Waals surface area contributed by atoms with E-state index in [-0.39, 0.29) is 0 Å². The van der Waals surface area contributed by atoms with Crippen molar-refractivity contribution in [2.75, 3.05) is 35.7 Å². The number of nitrogens with one attached hydrogen (secondary N) is 3. The molecule has 40 heavy (non-hydrogen) atoms. The van der Waals surface area contributed by atoms with Crippen LogP contribution in [0.25, 0.3) is 11.1 Å². The number of hydrogen-bond acceptors (Lipinski definition) is 9. The largest absolute Gasteiger partial charge is 0.417 e. The molecule has 3 N–H and O–H groups in total. The van der Waals surface area contributed by atoms with Crippen LogP contribution in [0, 0.1) is 6.92 Å². The molecule has 0 aliphatic carbocycles. The van der Waals surface area contributed by atoms with Gasteiger partial charge in [-0.3, -0.25) is 9.88 Å². The Morgan fingerprint density at radius 1 is 1.05 bits per heavy atom. The van der Waals surface area contributed by atoms with E-state index in [1.807, 2.05) is 31.3 Å². The van der Waals surface area contributed by atoms with Gasteiger partial charge in [0.25, 0.3) is 0 Å². The maximum Gasteiger partial charge on any atom is 0.417 e. The molecule has 10 heteroatoms. The van der Waals surface area contributed by atoms with Gasteiger partial charge in [0.15, 0.2) is 5.58 Å². The van der Waals surface area contributed by atoms with Crippen molar-refractivity contribution in [3.05, 3.63) is 94.7 Å². The molecule has 0 radical (unpaired) electrons. The minimum atomic E-state index is -0.480. The zero-order chi connectivity index (χ0) is 27.5. The SMILES string of the molecule is Cc1cnc(Nc2ccc(N(C)C3CCCN(Cc4ccccc4)C3)nc2)nc1Nc1ccc2oc(=O)[nH]c2c1. The van der Waals surface area contributed by atoms with Crippen molar-refractivity contribution in [2.24, 2.45) is 0 Å². The van der Waals surface area contributed by atoms with Crippen LogP contribution < -0.4 is 21.3 Å². The summed E-state index contributed by atoms with van der Waals surface area (Å²) in [5, 5.41) is 6.55. The number of rotatable bonds is 8. The van der Waals surface area contributed by atoms with Gasteiger partial charge in [-0.05, 0) is 62.2 Å². The van der Waals surface area contributed by atoms with Gasteiger partial charge in [-0.1, -0.05) is 30.3 Å². The van der Waals surface area contributed by atoms with Crippen molar-refractivity contribution in [3.63, 3.8) is 0 Å². The predicted octanol–water partition coefficient (Wildman–Crippen LogP) is 5.20. The quantitative estimate of drug-likeness (QED) is 0.246. The molecule has 1 saturated heterocycles. The standard InChI is InChI=1S/C30H32N8O2/c1-20-16-32-29(36-28(20)33-22-10-12-26-25(15-22)35-30(39)40-26)34-23-11-13-27(31-17-23)37(2)24-9-6-14-38(19-24)18-21-7-4-3-5-8-21/h3-5,7-8,10-13,15-17,24H,6,9,14,18-19H2,1-2H3,(H,35,39)(H2,32,33,34,36). The fraction of sp³-hybridized carbons (Fsp3) is 0.267. The van der Waals surface area contributed by atoms with E-state index >= 15 is 0 Å². The first-order chi connectivity index (χ1) is 19.5. The highest BCUT2D eigenvalue weighted by Crippen LogP contribution is 2.25. The highest BCUT2D eigenvalue weighted by molar-refractivity contribution is 5.78. The zero-order valence-electron chi connectivity index (χ0n) is 22.6. The number of H-pyrrole nitrogens is 1. The van der Waals surface area contributed by atoms with Gasteiger partial charge in [0.2, 0.25) is 5.95 Å². The molecule has 0 bridgehead atoms. The van der Waals surface area contributed by atoms with Crippen LogP contribution in [0.15, 0.2) is 82.3 Å². The topological polar surface area (TPSA) is 115 Å². The molecule has 1 aliphatic rings. The summed E-state index contributed by atoms with van der Waals surface area (Å²) in [6, 6.07) is 20.5. The fourth-order valence-electron chi connectivity index (χ4n) is 5.11. The molecule has 4 heterocycles. The Labute approximate surface area is 232 Å². The van der Waals surface area contributed by atoms with Crippen LogP contribution in [0.4, 0.5) is 29.0 Å². The number of piperidine rings is 1. The van der Waals surface area contributed by atoms with Crippen molar-refractivity contribution in [3.8, 4) is 0 Å². The number of likely N-dealkylation sites (N-methyl/N-ethyl adjacent to an activating group) is 1. The van der Waals surface area contributed by atoms with E-state index in [1.165, 1.54) is 12.0 Å². The van der Waals surface area contributed by atoms with E-state index in [1.54, 1.807) is 18.3 Å². The van der Waals surface area contributed by atoms with Crippen molar-refractivity contribution >= 4 is 40.1 Å². The Hall–Kier alpha value is -4.70. The summed E-state index contributed by atoms with van der Waals surface area (Å²) in [6.07, 6.45) is 5.90. The van der Waals surface area contributed by atoms with E-state index in [2.05, 4.69) is 72.8 Å². The van der Waals surface area contributed by atoms with E-state index < -0.39 is 5.76 Å². The number of aryl methyl sites for hydroxylation is 1. The highest BCUT2D eigenvalue weighted by Gasteiger charge is 2.24. The van der Waals surface area contributed by atoms with Crippen molar-refractivity contribution in [1.29, 1.82) is 0 Å². The van der Waals surface area contributed by atoms with Crippen LogP contribution in [0.3, 0.4) is 0 Å². The number of aromatic amines is 1.